The number of rotatable bonds is 14. The lowest BCUT2D eigenvalue weighted by atomic mass is 9.76. The van der Waals surface area contributed by atoms with Crippen LogP contribution in [0.2, 0.25) is 0 Å². The highest BCUT2D eigenvalue weighted by atomic mass is 16.6. The number of amides is 3. The van der Waals surface area contributed by atoms with E-state index in [-0.39, 0.29) is 43.9 Å². The third kappa shape index (κ3) is 9.83. The van der Waals surface area contributed by atoms with Gasteiger partial charge in [-0.3, -0.25) is 24.5 Å². The van der Waals surface area contributed by atoms with Gasteiger partial charge in [0, 0.05) is 25.4 Å². The van der Waals surface area contributed by atoms with Crippen LogP contribution in [-0.4, -0.2) is 78.6 Å². The monoisotopic (exact) mass is 765 g/mol. The van der Waals surface area contributed by atoms with E-state index in [1.807, 2.05) is 66.7 Å². The molecule has 0 aromatic heterocycles. The van der Waals surface area contributed by atoms with Gasteiger partial charge in [0.1, 0.15) is 17.7 Å². The average molecular weight is 766 g/mol. The van der Waals surface area contributed by atoms with Gasteiger partial charge in [-0.25, -0.2) is 4.79 Å². The highest BCUT2D eigenvalue weighted by molar-refractivity contribution is 6.00. The van der Waals surface area contributed by atoms with Crippen molar-refractivity contribution in [1.82, 2.24) is 26.6 Å². The van der Waals surface area contributed by atoms with E-state index < -0.39 is 53.0 Å². The Bertz CT molecular complexity index is 1840. The summed E-state index contributed by atoms with van der Waals surface area (Å²) in [6.45, 7) is 7.04. The van der Waals surface area contributed by atoms with Gasteiger partial charge in [0.05, 0.1) is 24.7 Å². The minimum Gasteiger partial charge on any atom is -0.459 e. The summed E-state index contributed by atoms with van der Waals surface area (Å²) in [6, 6.07) is 23.0. The molecule has 12 heteroatoms. The van der Waals surface area contributed by atoms with Crippen LogP contribution in [0.3, 0.4) is 0 Å². The summed E-state index contributed by atoms with van der Waals surface area (Å²) in [5.74, 6) is -2.05. The highest BCUT2D eigenvalue weighted by Gasteiger charge is 2.52. The van der Waals surface area contributed by atoms with Crippen molar-refractivity contribution in [3.63, 3.8) is 0 Å². The summed E-state index contributed by atoms with van der Waals surface area (Å²) >= 11 is 0. The van der Waals surface area contributed by atoms with Crippen molar-refractivity contribution < 1.29 is 33.4 Å². The van der Waals surface area contributed by atoms with Crippen molar-refractivity contribution in [1.29, 1.82) is 0 Å². The fourth-order valence-electron chi connectivity index (χ4n) is 8.21. The predicted molar refractivity (Wildman–Crippen MR) is 212 cm³/mol. The molecule has 6 rings (SSSR count). The Balaban J connectivity index is 1.21. The second-order valence-corrected chi connectivity index (χ2v) is 16.3. The van der Waals surface area contributed by atoms with Crippen LogP contribution >= 0.6 is 0 Å². The van der Waals surface area contributed by atoms with Crippen molar-refractivity contribution >= 4 is 29.7 Å². The summed E-state index contributed by atoms with van der Waals surface area (Å²) in [6.07, 6.45) is 3.42. The molecule has 3 amide bonds. The first-order chi connectivity index (χ1) is 26.8. The van der Waals surface area contributed by atoms with Crippen LogP contribution in [0.25, 0.3) is 11.1 Å². The minimum absolute atomic E-state index is 0.0367. The number of carbonyl (C=O) groups excluding carboxylic acids is 5. The van der Waals surface area contributed by atoms with Gasteiger partial charge >= 0.3 is 12.1 Å². The van der Waals surface area contributed by atoms with Gasteiger partial charge in [-0.05, 0) is 74.3 Å². The molecular formula is C44H55N5O7. The average Bonchev–Trinajstić information content (AvgIpc) is 3.77. The molecule has 0 radical (unpaired) electrons. The smallest absolute Gasteiger partial charge is 0.408 e. The SMILES string of the molecule is C[C@H](NCC(=O)OC(C)(C)C)C(=O)N[C@H](C(=O)[C@@]1(NC(=O)OCC2c3ccccc3-c3ccccc32)CN[C@H](C(=O)NCc2ccccc2)C1)C1CCCCC1. The number of benzene rings is 3. The maximum Gasteiger partial charge on any atom is 0.408 e. The zero-order valence-corrected chi connectivity index (χ0v) is 32.8. The van der Waals surface area contributed by atoms with E-state index >= 15 is 4.79 Å². The number of nitrogens with one attached hydrogen (secondary N) is 5. The third-order valence-corrected chi connectivity index (χ3v) is 11.1. The molecule has 0 spiro atoms. The number of Topliss-reactive ketones (excluding diaryl/α,β-unsaturated/α-hetero) is 1. The van der Waals surface area contributed by atoms with Gasteiger partial charge in [-0.2, -0.15) is 0 Å². The molecule has 12 nitrogen and oxygen atoms in total. The number of hydrogen-bond acceptors (Lipinski definition) is 9. The molecule has 3 aromatic carbocycles. The lowest BCUT2D eigenvalue weighted by Crippen LogP contribution is -2.64. The van der Waals surface area contributed by atoms with Crippen LogP contribution in [-0.2, 0) is 35.2 Å². The molecule has 1 saturated carbocycles. The summed E-state index contributed by atoms with van der Waals surface area (Å²) in [7, 11) is 0. The van der Waals surface area contributed by atoms with E-state index in [1.54, 1.807) is 27.7 Å². The van der Waals surface area contributed by atoms with E-state index in [0.717, 1.165) is 47.1 Å². The largest absolute Gasteiger partial charge is 0.459 e. The number of ether oxygens (including phenoxy) is 2. The maximum atomic E-state index is 15.1. The second kappa shape index (κ2) is 17.8. The Labute approximate surface area is 329 Å². The van der Waals surface area contributed by atoms with Crippen LogP contribution in [0.1, 0.15) is 88.8 Å². The van der Waals surface area contributed by atoms with Gasteiger partial charge in [-0.15, -0.1) is 0 Å². The minimum atomic E-state index is -1.57. The van der Waals surface area contributed by atoms with Crippen molar-refractivity contribution in [2.75, 3.05) is 19.7 Å². The quantitative estimate of drug-likeness (QED) is 0.144. The standard InChI is InChI=1S/C44H55N5O7/c1-28(45-25-37(50)56-43(2,3)4)40(52)48-38(30-17-9-6-10-18-30)39(51)44(23-36(47-27-44)41(53)46-24-29-15-7-5-8-16-29)49-42(54)55-26-35-33-21-13-11-19-31(33)32-20-12-14-22-34(32)35/h5,7-8,11-16,19-22,28,30,35-36,38,45,47H,6,9-10,17-18,23-27H2,1-4H3,(H,46,53)(H,48,52)(H,49,54)/t28-,36-,38-,44-/m0/s1. The van der Waals surface area contributed by atoms with Crippen molar-refractivity contribution in [3.8, 4) is 11.1 Å². The highest BCUT2D eigenvalue weighted by Crippen LogP contribution is 2.44. The zero-order chi connectivity index (χ0) is 39.9. The molecule has 3 aromatic rings. The molecule has 2 fully saturated rings. The Morgan fingerprint density at radius 3 is 2.12 bits per heavy atom. The topological polar surface area (TPSA) is 164 Å². The first-order valence-electron chi connectivity index (χ1n) is 19.8. The van der Waals surface area contributed by atoms with E-state index in [9.17, 15) is 19.2 Å². The van der Waals surface area contributed by atoms with Crippen LogP contribution < -0.4 is 26.6 Å². The number of ketones is 1. The third-order valence-electron chi connectivity index (χ3n) is 11.1. The lowest BCUT2D eigenvalue weighted by molar-refractivity contribution is -0.153. The Kier molecular flexibility index (Phi) is 12.9. The molecule has 0 bridgehead atoms. The number of fused-ring (bicyclic) bond motifs is 3. The molecule has 1 aliphatic heterocycles. The van der Waals surface area contributed by atoms with Crippen molar-refractivity contribution in [2.45, 2.75) is 108 Å². The van der Waals surface area contributed by atoms with Crippen LogP contribution in [0.5, 0.6) is 0 Å². The van der Waals surface area contributed by atoms with Crippen LogP contribution in [0.15, 0.2) is 78.9 Å². The van der Waals surface area contributed by atoms with E-state index in [1.165, 1.54) is 0 Å². The number of esters is 1. The molecule has 1 saturated heterocycles. The first-order valence-corrected chi connectivity index (χ1v) is 19.8. The molecule has 56 heavy (non-hydrogen) atoms. The Hall–Kier alpha value is -5.07. The number of carbonyl (C=O) groups is 5. The predicted octanol–water partition coefficient (Wildman–Crippen LogP) is 4.90. The fraction of sp³-hybridized carbons (Fsp3) is 0.477. The van der Waals surface area contributed by atoms with E-state index in [0.29, 0.717) is 19.4 Å². The lowest BCUT2D eigenvalue weighted by Gasteiger charge is -2.37. The van der Waals surface area contributed by atoms with Gasteiger partial charge in [-0.1, -0.05) is 98.1 Å². The number of hydrogen-bond donors (Lipinski definition) is 5. The Morgan fingerprint density at radius 2 is 1.48 bits per heavy atom. The van der Waals surface area contributed by atoms with E-state index in [2.05, 4.69) is 38.7 Å². The van der Waals surface area contributed by atoms with Crippen LogP contribution in [0.4, 0.5) is 4.79 Å². The molecule has 3 aliphatic rings. The molecule has 2 aliphatic carbocycles. The summed E-state index contributed by atoms with van der Waals surface area (Å²) in [4.78, 5) is 68.6. The zero-order valence-electron chi connectivity index (χ0n) is 32.8. The van der Waals surface area contributed by atoms with Gasteiger partial charge in [0.25, 0.3) is 0 Å². The molecule has 0 unspecified atom stereocenters. The number of alkyl carbamates (subject to hydrolysis) is 1. The van der Waals surface area contributed by atoms with Crippen molar-refractivity contribution in [2.24, 2.45) is 5.92 Å². The fourth-order valence-corrected chi connectivity index (χ4v) is 8.21. The summed E-state index contributed by atoms with van der Waals surface area (Å²) < 4.78 is 11.3. The molecule has 1 heterocycles. The molecule has 4 atom stereocenters. The van der Waals surface area contributed by atoms with Gasteiger partial charge in [0.15, 0.2) is 5.78 Å². The molecule has 5 N–H and O–H groups in total. The molecular weight excluding hydrogens is 711 g/mol. The van der Waals surface area contributed by atoms with Gasteiger partial charge < -0.3 is 30.7 Å². The van der Waals surface area contributed by atoms with Gasteiger partial charge in [0.2, 0.25) is 11.8 Å². The molecule has 298 valence electrons. The summed E-state index contributed by atoms with van der Waals surface area (Å²) in [5, 5.41) is 15.0. The van der Waals surface area contributed by atoms with E-state index in [4.69, 9.17) is 9.47 Å². The van der Waals surface area contributed by atoms with Crippen molar-refractivity contribution in [3.05, 3.63) is 95.6 Å². The van der Waals surface area contributed by atoms with Crippen LogP contribution in [0, 0.1) is 5.92 Å². The first kappa shape index (κ1) is 40.6. The second-order valence-electron chi connectivity index (χ2n) is 16.3. The Morgan fingerprint density at radius 1 is 0.857 bits per heavy atom. The normalized spacial score (nSPS) is 20.5. The maximum absolute atomic E-state index is 15.1. The summed E-state index contributed by atoms with van der Waals surface area (Å²) in [5.41, 5.74) is 2.97.